The van der Waals surface area contributed by atoms with Crippen molar-refractivity contribution in [2.45, 2.75) is 71.6 Å². The summed E-state index contributed by atoms with van der Waals surface area (Å²) >= 11 is 0. The second kappa shape index (κ2) is 8.74. The van der Waals surface area contributed by atoms with Crippen LogP contribution in [0.5, 0.6) is 0 Å². The molecule has 0 heterocycles. The lowest BCUT2D eigenvalue weighted by Gasteiger charge is -2.46. The van der Waals surface area contributed by atoms with Gasteiger partial charge < -0.3 is 5.11 Å². The van der Waals surface area contributed by atoms with Crippen molar-refractivity contribution >= 4 is 0 Å². The molecule has 5 unspecified atom stereocenters. The fourth-order valence-corrected chi connectivity index (χ4v) is 5.92. The number of hydrogen-bond donors (Lipinski definition) is 1. The molecule has 1 N–H and O–H groups in total. The van der Waals surface area contributed by atoms with E-state index in [1.807, 2.05) is 6.92 Å². The molecule has 3 aliphatic carbocycles. The topological polar surface area (TPSA) is 20.2 Å². The zero-order valence-electron chi connectivity index (χ0n) is 17.0. The molecule has 1 nitrogen and oxygen atoms in total. The molecule has 0 radical (unpaired) electrons. The maximum atomic E-state index is 9.22. The molecule has 0 spiro atoms. The Kier molecular flexibility index (Phi) is 6.61. The van der Waals surface area contributed by atoms with E-state index in [1.165, 1.54) is 62.5 Å². The molecule has 0 saturated heterocycles. The van der Waals surface area contributed by atoms with Gasteiger partial charge in [-0.15, -0.1) is 0 Å². The van der Waals surface area contributed by atoms with Gasteiger partial charge in [-0.25, -0.2) is 0 Å². The Morgan fingerprint density at radius 3 is 2.73 bits per heavy atom. The number of hydrogen-bond acceptors (Lipinski definition) is 1. The van der Waals surface area contributed by atoms with E-state index in [2.05, 4.69) is 32.2 Å². The van der Waals surface area contributed by atoms with Gasteiger partial charge in [0.25, 0.3) is 0 Å². The zero-order chi connectivity index (χ0) is 18.7. The van der Waals surface area contributed by atoms with Crippen LogP contribution in [-0.4, -0.2) is 11.7 Å². The number of allylic oxidation sites excluding steroid dienone is 5. The van der Waals surface area contributed by atoms with E-state index in [-0.39, 0.29) is 6.61 Å². The Labute approximate surface area is 161 Å². The third kappa shape index (κ3) is 4.25. The molecule has 0 aliphatic heterocycles. The van der Waals surface area contributed by atoms with Crippen LogP contribution in [0.2, 0.25) is 0 Å². The van der Waals surface area contributed by atoms with E-state index in [0.29, 0.717) is 11.8 Å². The molecule has 2 saturated carbocycles. The summed E-state index contributed by atoms with van der Waals surface area (Å²) in [5.74, 6) is 3.67. The van der Waals surface area contributed by atoms with Crippen LogP contribution in [0.3, 0.4) is 0 Å². The van der Waals surface area contributed by atoms with E-state index in [9.17, 15) is 5.11 Å². The summed E-state index contributed by atoms with van der Waals surface area (Å²) in [5.41, 5.74) is 5.84. The Hall–Kier alpha value is -1.08. The predicted molar refractivity (Wildman–Crippen MR) is 112 cm³/mol. The fraction of sp³-hybridized carbons (Fsp3) is 0.680. The van der Waals surface area contributed by atoms with E-state index in [0.717, 1.165) is 29.7 Å². The lowest BCUT2D eigenvalue weighted by Crippen LogP contribution is -2.38. The Morgan fingerprint density at radius 2 is 1.96 bits per heavy atom. The van der Waals surface area contributed by atoms with Crippen molar-refractivity contribution in [1.29, 1.82) is 0 Å². The average Bonchev–Trinajstić information content (AvgIpc) is 2.93. The molecular formula is C25H38O. The molecule has 0 amide bonds. The van der Waals surface area contributed by atoms with E-state index < -0.39 is 0 Å². The molecular weight excluding hydrogens is 316 g/mol. The van der Waals surface area contributed by atoms with E-state index in [4.69, 9.17) is 0 Å². The standard InChI is InChI=1S/C25H38O/c1-17(16-26)7-5-8-18(2)22-13-11-20(4)23-14-12-21-10-6-9-19(3)24(15-21)25(22)23/h7,10,18,22-26H,3-6,8-9,11-16H2,1-2H3. The molecule has 3 aliphatic rings. The molecule has 0 aromatic heterocycles. The van der Waals surface area contributed by atoms with Crippen LogP contribution in [0.25, 0.3) is 0 Å². The van der Waals surface area contributed by atoms with Gasteiger partial charge >= 0.3 is 0 Å². The van der Waals surface area contributed by atoms with Gasteiger partial charge in [0.1, 0.15) is 0 Å². The molecule has 1 heteroatoms. The van der Waals surface area contributed by atoms with Gasteiger partial charge in [-0.3, -0.25) is 0 Å². The molecule has 26 heavy (non-hydrogen) atoms. The number of rotatable bonds is 5. The summed E-state index contributed by atoms with van der Waals surface area (Å²) < 4.78 is 0. The molecule has 144 valence electrons. The Balaban J connectivity index is 1.80. The first kappa shape index (κ1) is 19.7. The second-order valence-electron chi connectivity index (χ2n) is 9.22. The van der Waals surface area contributed by atoms with Gasteiger partial charge in [-0.1, -0.05) is 54.5 Å². The molecule has 2 bridgehead atoms. The van der Waals surface area contributed by atoms with Crippen LogP contribution in [0.4, 0.5) is 0 Å². The third-order valence-corrected chi connectivity index (χ3v) is 7.52. The second-order valence-corrected chi connectivity index (χ2v) is 9.22. The fourth-order valence-electron chi connectivity index (χ4n) is 5.92. The van der Waals surface area contributed by atoms with Crippen molar-refractivity contribution in [1.82, 2.24) is 0 Å². The third-order valence-electron chi connectivity index (χ3n) is 7.52. The summed E-state index contributed by atoms with van der Waals surface area (Å²) in [6.45, 7) is 13.7. The minimum absolute atomic E-state index is 0.194. The van der Waals surface area contributed by atoms with Crippen molar-refractivity contribution in [2.24, 2.45) is 29.6 Å². The largest absolute Gasteiger partial charge is 0.392 e. The Bertz CT molecular complexity index is 593. The Morgan fingerprint density at radius 1 is 1.19 bits per heavy atom. The van der Waals surface area contributed by atoms with Crippen molar-refractivity contribution in [3.8, 4) is 0 Å². The number of aliphatic hydroxyl groups excluding tert-OH is 1. The van der Waals surface area contributed by atoms with Crippen LogP contribution in [0.1, 0.15) is 71.6 Å². The first-order valence-corrected chi connectivity index (χ1v) is 10.8. The zero-order valence-corrected chi connectivity index (χ0v) is 17.0. The monoisotopic (exact) mass is 354 g/mol. The quantitative estimate of drug-likeness (QED) is 0.550. The maximum Gasteiger partial charge on any atom is 0.0639 e. The van der Waals surface area contributed by atoms with Crippen molar-refractivity contribution in [2.75, 3.05) is 6.61 Å². The first-order chi connectivity index (χ1) is 12.5. The van der Waals surface area contributed by atoms with Gasteiger partial charge in [0.2, 0.25) is 0 Å². The van der Waals surface area contributed by atoms with Gasteiger partial charge in [-0.2, -0.15) is 0 Å². The summed E-state index contributed by atoms with van der Waals surface area (Å²) in [5, 5.41) is 9.22. The lowest BCUT2D eigenvalue weighted by atomic mass is 9.59. The highest BCUT2D eigenvalue weighted by molar-refractivity contribution is 5.23. The van der Waals surface area contributed by atoms with Crippen LogP contribution >= 0.6 is 0 Å². The predicted octanol–water partition coefficient (Wildman–Crippen LogP) is 6.62. The maximum absolute atomic E-state index is 9.22. The van der Waals surface area contributed by atoms with Crippen LogP contribution in [0.15, 0.2) is 47.6 Å². The molecule has 5 atom stereocenters. The van der Waals surface area contributed by atoms with Gasteiger partial charge in [0.15, 0.2) is 0 Å². The molecule has 2 fully saturated rings. The molecule has 3 rings (SSSR count). The smallest absolute Gasteiger partial charge is 0.0639 e. The van der Waals surface area contributed by atoms with Crippen LogP contribution in [0, 0.1) is 29.6 Å². The molecule has 0 aromatic carbocycles. The van der Waals surface area contributed by atoms with Gasteiger partial charge in [-0.05, 0) is 94.3 Å². The average molecular weight is 355 g/mol. The number of aliphatic hydroxyl groups is 1. The summed E-state index contributed by atoms with van der Waals surface area (Å²) in [7, 11) is 0. The highest BCUT2D eigenvalue weighted by atomic mass is 16.3. The SMILES string of the molecule is C=C1CCC(C(C)CCC=C(C)CO)C2C1CCC1=CCCC(=C)C2C1. The van der Waals surface area contributed by atoms with Crippen molar-refractivity contribution < 1.29 is 5.11 Å². The van der Waals surface area contributed by atoms with Crippen molar-refractivity contribution in [3.05, 3.63) is 47.6 Å². The summed E-state index contributed by atoms with van der Waals surface area (Å²) in [6.07, 6.45) is 15.9. The normalized spacial score (nSPS) is 33.8. The summed E-state index contributed by atoms with van der Waals surface area (Å²) in [6, 6.07) is 0. The highest BCUT2D eigenvalue weighted by Gasteiger charge is 2.44. The highest BCUT2D eigenvalue weighted by Crippen LogP contribution is 2.54. The lowest BCUT2D eigenvalue weighted by molar-refractivity contribution is 0.0996. The van der Waals surface area contributed by atoms with E-state index >= 15 is 0 Å². The van der Waals surface area contributed by atoms with Gasteiger partial charge in [0.05, 0.1) is 6.61 Å². The minimum atomic E-state index is 0.194. The van der Waals surface area contributed by atoms with Gasteiger partial charge in [0, 0.05) is 0 Å². The molecule has 0 aromatic rings. The minimum Gasteiger partial charge on any atom is -0.392 e. The first-order valence-electron chi connectivity index (χ1n) is 10.8. The van der Waals surface area contributed by atoms with Crippen LogP contribution in [-0.2, 0) is 0 Å². The van der Waals surface area contributed by atoms with Crippen molar-refractivity contribution in [3.63, 3.8) is 0 Å². The van der Waals surface area contributed by atoms with E-state index in [1.54, 1.807) is 5.57 Å². The number of fused-ring (bicyclic) bond motifs is 4. The summed E-state index contributed by atoms with van der Waals surface area (Å²) in [4.78, 5) is 0. The van der Waals surface area contributed by atoms with Crippen LogP contribution < -0.4 is 0 Å².